The normalized spacial score (nSPS) is 19.0. The van der Waals surface area contributed by atoms with Gasteiger partial charge in [-0.2, -0.15) is 4.98 Å². The zero-order chi connectivity index (χ0) is 17.8. The Morgan fingerprint density at radius 2 is 1.73 bits per heavy atom. The van der Waals surface area contributed by atoms with E-state index in [-0.39, 0.29) is 0 Å². The number of pyridine rings is 1. The quantitative estimate of drug-likeness (QED) is 0.821. The summed E-state index contributed by atoms with van der Waals surface area (Å²) in [5.41, 5.74) is 2.44. The molecule has 26 heavy (non-hydrogen) atoms. The summed E-state index contributed by atoms with van der Waals surface area (Å²) in [4.78, 5) is 20.8. The Bertz CT molecular complexity index is 725. The first-order chi connectivity index (χ1) is 12.8. The molecule has 2 aliphatic rings. The second-order valence-corrected chi connectivity index (χ2v) is 6.84. The van der Waals surface area contributed by atoms with Crippen molar-refractivity contribution in [1.29, 1.82) is 0 Å². The van der Waals surface area contributed by atoms with Crippen molar-refractivity contribution >= 4 is 11.8 Å². The van der Waals surface area contributed by atoms with E-state index in [9.17, 15) is 0 Å². The van der Waals surface area contributed by atoms with E-state index in [4.69, 9.17) is 9.72 Å². The third-order valence-electron chi connectivity index (χ3n) is 5.11. The number of anilines is 2. The lowest BCUT2D eigenvalue weighted by Crippen LogP contribution is -2.46. The monoisotopic (exact) mass is 354 g/mol. The number of nitrogens with zero attached hydrogens (tertiary/aromatic N) is 6. The van der Waals surface area contributed by atoms with Crippen molar-refractivity contribution in [2.24, 2.45) is 0 Å². The summed E-state index contributed by atoms with van der Waals surface area (Å²) >= 11 is 0. The molecule has 4 heterocycles. The number of morpholine rings is 1. The van der Waals surface area contributed by atoms with Crippen molar-refractivity contribution in [3.8, 4) is 0 Å². The van der Waals surface area contributed by atoms with Crippen LogP contribution in [0.5, 0.6) is 0 Å². The summed E-state index contributed by atoms with van der Waals surface area (Å²) in [5.74, 6) is 1.84. The van der Waals surface area contributed by atoms with E-state index < -0.39 is 0 Å². The van der Waals surface area contributed by atoms with E-state index in [2.05, 4.69) is 37.7 Å². The molecule has 0 N–H and O–H groups in total. The molecule has 0 spiro atoms. The van der Waals surface area contributed by atoms with Crippen LogP contribution in [0.2, 0.25) is 0 Å². The lowest BCUT2D eigenvalue weighted by molar-refractivity contribution is 0.122. The van der Waals surface area contributed by atoms with Gasteiger partial charge in [-0.1, -0.05) is 6.07 Å². The molecule has 0 unspecified atom stereocenters. The number of hydrogen-bond donors (Lipinski definition) is 0. The van der Waals surface area contributed by atoms with Gasteiger partial charge in [0.1, 0.15) is 5.82 Å². The van der Waals surface area contributed by atoms with Crippen LogP contribution < -0.4 is 9.80 Å². The minimum absolute atomic E-state index is 0.749. The third-order valence-corrected chi connectivity index (χ3v) is 5.11. The summed E-state index contributed by atoms with van der Waals surface area (Å²) in [5, 5.41) is 0. The topological polar surface area (TPSA) is 57.6 Å². The fourth-order valence-electron chi connectivity index (χ4n) is 3.46. The van der Waals surface area contributed by atoms with Gasteiger partial charge in [0.05, 0.1) is 18.9 Å². The van der Waals surface area contributed by atoms with Crippen LogP contribution in [0.1, 0.15) is 11.3 Å². The zero-order valence-electron chi connectivity index (χ0n) is 15.3. The van der Waals surface area contributed by atoms with Crippen LogP contribution in [0.4, 0.5) is 11.8 Å². The number of rotatable bonds is 4. The lowest BCUT2D eigenvalue weighted by Gasteiger charge is -2.35. The fraction of sp³-hybridized carbons (Fsp3) is 0.526. The van der Waals surface area contributed by atoms with Gasteiger partial charge in [0.25, 0.3) is 0 Å². The van der Waals surface area contributed by atoms with Crippen molar-refractivity contribution < 1.29 is 4.74 Å². The maximum Gasteiger partial charge on any atom is 0.227 e. The fourth-order valence-corrected chi connectivity index (χ4v) is 3.46. The molecule has 0 aromatic carbocycles. The second kappa shape index (κ2) is 7.97. The van der Waals surface area contributed by atoms with Gasteiger partial charge in [0.15, 0.2) is 0 Å². The Morgan fingerprint density at radius 1 is 0.923 bits per heavy atom. The number of aromatic nitrogens is 3. The second-order valence-electron chi connectivity index (χ2n) is 6.84. The van der Waals surface area contributed by atoms with E-state index in [0.717, 1.165) is 70.8 Å². The Hall–Kier alpha value is -2.25. The number of hydrogen-bond acceptors (Lipinski definition) is 7. The minimum atomic E-state index is 0.749. The third kappa shape index (κ3) is 3.94. The average molecular weight is 354 g/mol. The molecule has 0 amide bonds. The Balaban J connectivity index is 1.36. The molecule has 2 aromatic heterocycles. The number of ether oxygens (including phenoxy) is 1. The lowest BCUT2D eigenvalue weighted by atomic mass is 10.2. The maximum absolute atomic E-state index is 5.42. The SMILES string of the molecule is Cc1cccnc1CN1CCN(c2ccnc(N3CCOCC3)n2)CC1. The zero-order valence-corrected chi connectivity index (χ0v) is 15.3. The molecule has 7 nitrogen and oxygen atoms in total. The number of piperazine rings is 1. The predicted octanol–water partition coefficient (Wildman–Crippen LogP) is 1.34. The summed E-state index contributed by atoms with van der Waals surface area (Å²) in [6, 6.07) is 6.15. The van der Waals surface area contributed by atoms with Crippen LogP contribution in [0.25, 0.3) is 0 Å². The van der Waals surface area contributed by atoms with Crippen LogP contribution in [-0.2, 0) is 11.3 Å². The van der Waals surface area contributed by atoms with Crippen molar-refractivity contribution in [3.63, 3.8) is 0 Å². The van der Waals surface area contributed by atoms with E-state index in [1.807, 2.05) is 24.5 Å². The number of aryl methyl sites for hydroxylation is 1. The molecule has 0 atom stereocenters. The van der Waals surface area contributed by atoms with E-state index >= 15 is 0 Å². The van der Waals surface area contributed by atoms with Crippen molar-refractivity contribution in [1.82, 2.24) is 19.9 Å². The first-order valence-electron chi connectivity index (χ1n) is 9.33. The van der Waals surface area contributed by atoms with Gasteiger partial charge < -0.3 is 14.5 Å². The highest BCUT2D eigenvalue weighted by Crippen LogP contribution is 2.18. The molecular weight excluding hydrogens is 328 g/mol. The summed E-state index contributed by atoms with van der Waals surface area (Å²) in [7, 11) is 0. The van der Waals surface area contributed by atoms with Gasteiger partial charge in [-0.3, -0.25) is 9.88 Å². The molecule has 2 fully saturated rings. The highest BCUT2D eigenvalue weighted by atomic mass is 16.5. The molecule has 0 aliphatic carbocycles. The molecule has 2 aromatic rings. The molecule has 4 rings (SSSR count). The smallest absolute Gasteiger partial charge is 0.227 e. The Morgan fingerprint density at radius 3 is 2.50 bits per heavy atom. The molecule has 2 saturated heterocycles. The van der Waals surface area contributed by atoms with Crippen LogP contribution >= 0.6 is 0 Å². The molecule has 138 valence electrons. The summed E-state index contributed by atoms with van der Waals surface area (Å²) < 4.78 is 5.42. The van der Waals surface area contributed by atoms with Gasteiger partial charge in [-0.05, 0) is 24.6 Å². The van der Waals surface area contributed by atoms with Crippen molar-refractivity contribution in [2.45, 2.75) is 13.5 Å². The van der Waals surface area contributed by atoms with Crippen LogP contribution in [0.3, 0.4) is 0 Å². The van der Waals surface area contributed by atoms with Crippen LogP contribution in [0.15, 0.2) is 30.6 Å². The predicted molar refractivity (Wildman–Crippen MR) is 102 cm³/mol. The van der Waals surface area contributed by atoms with Gasteiger partial charge in [0, 0.05) is 58.2 Å². The molecule has 0 bridgehead atoms. The Labute approximate surface area is 154 Å². The van der Waals surface area contributed by atoms with Crippen molar-refractivity contribution in [3.05, 3.63) is 41.9 Å². The molecule has 0 radical (unpaired) electrons. The standard InChI is InChI=1S/C19H26N6O/c1-16-3-2-5-20-17(16)15-23-7-9-24(10-8-23)18-4-6-21-19(22-18)25-11-13-26-14-12-25/h2-6H,7-15H2,1H3. The summed E-state index contributed by atoms with van der Waals surface area (Å²) in [6.07, 6.45) is 3.75. The highest BCUT2D eigenvalue weighted by molar-refractivity contribution is 5.44. The summed E-state index contributed by atoms with van der Waals surface area (Å²) in [6.45, 7) is 10.3. The molecule has 7 heteroatoms. The van der Waals surface area contributed by atoms with E-state index in [1.54, 1.807) is 0 Å². The van der Waals surface area contributed by atoms with Gasteiger partial charge in [0.2, 0.25) is 5.95 Å². The first kappa shape index (κ1) is 17.2. The largest absolute Gasteiger partial charge is 0.378 e. The van der Waals surface area contributed by atoms with Crippen LogP contribution in [0, 0.1) is 6.92 Å². The van der Waals surface area contributed by atoms with Crippen molar-refractivity contribution in [2.75, 3.05) is 62.3 Å². The molecule has 2 aliphatic heterocycles. The van der Waals surface area contributed by atoms with Gasteiger partial charge in [-0.25, -0.2) is 4.98 Å². The molecular formula is C19H26N6O. The maximum atomic E-state index is 5.42. The average Bonchev–Trinajstić information content (AvgIpc) is 2.71. The Kier molecular flexibility index (Phi) is 5.26. The van der Waals surface area contributed by atoms with Gasteiger partial charge >= 0.3 is 0 Å². The van der Waals surface area contributed by atoms with E-state index in [1.165, 1.54) is 11.3 Å². The first-order valence-corrected chi connectivity index (χ1v) is 9.33. The highest BCUT2D eigenvalue weighted by Gasteiger charge is 2.20. The van der Waals surface area contributed by atoms with Gasteiger partial charge in [-0.15, -0.1) is 0 Å². The minimum Gasteiger partial charge on any atom is -0.378 e. The van der Waals surface area contributed by atoms with E-state index in [0.29, 0.717) is 0 Å². The molecule has 0 saturated carbocycles. The van der Waals surface area contributed by atoms with Crippen LogP contribution in [-0.4, -0.2) is 72.3 Å².